The zero-order valence-corrected chi connectivity index (χ0v) is 22.1. The van der Waals surface area contributed by atoms with Crippen LogP contribution in [0.2, 0.25) is 0 Å². The van der Waals surface area contributed by atoms with Crippen molar-refractivity contribution in [1.29, 1.82) is 0 Å². The molecule has 0 aromatic rings. The molecule has 0 fully saturated rings. The summed E-state index contributed by atoms with van der Waals surface area (Å²) in [6, 6.07) is 0. The van der Waals surface area contributed by atoms with Gasteiger partial charge in [-0.05, 0) is 33.2 Å². The van der Waals surface area contributed by atoms with E-state index in [0.29, 0.717) is 6.42 Å². The summed E-state index contributed by atoms with van der Waals surface area (Å²) in [6.07, 6.45) is 22.0. The smallest absolute Gasteiger partial charge is 0.291 e. The van der Waals surface area contributed by atoms with E-state index in [1.54, 1.807) is 0 Å². The lowest BCUT2D eigenvalue weighted by Crippen LogP contribution is -2.42. The van der Waals surface area contributed by atoms with Gasteiger partial charge < -0.3 is 21.4 Å². The molecule has 0 aliphatic rings. The fourth-order valence-electron chi connectivity index (χ4n) is 3.19. The zero-order chi connectivity index (χ0) is 25.8. The van der Waals surface area contributed by atoms with Gasteiger partial charge in [0.1, 0.15) is 0 Å². The van der Waals surface area contributed by atoms with Crippen molar-refractivity contribution in [1.82, 2.24) is 5.32 Å². The molecular weight excluding hydrogens is 422 g/mol. The Morgan fingerprint density at radius 1 is 0.818 bits per heavy atom. The van der Waals surface area contributed by atoms with Crippen LogP contribution in [0, 0.1) is 10.1 Å². The van der Waals surface area contributed by atoms with Crippen LogP contribution in [0.1, 0.15) is 137 Å². The molecule has 1 amide bonds. The van der Waals surface area contributed by atoms with Crippen molar-refractivity contribution < 1.29 is 20.2 Å². The number of carbonyl (C=O) groups excluding carboxylic acids is 1. The number of primary amides is 1. The summed E-state index contributed by atoms with van der Waals surface area (Å²) < 4.78 is 0. The van der Waals surface area contributed by atoms with Crippen LogP contribution in [-0.2, 0) is 4.79 Å². The average molecular weight is 478 g/mol. The van der Waals surface area contributed by atoms with Crippen molar-refractivity contribution in [3.8, 4) is 0 Å². The van der Waals surface area contributed by atoms with E-state index in [9.17, 15) is 4.79 Å². The van der Waals surface area contributed by atoms with E-state index >= 15 is 0 Å². The van der Waals surface area contributed by atoms with Gasteiger partial charge in [-0.3, -0.25) is 4.79 Å². The van der Waals surface area contributed by atoms with Crippen LogP contribution >= 0.6 is 0 Å². The molecule has 0 aromatic heterocycles. The van der Waals surface area contributed by atoms with E-state index in [1.165, 1.54) is 89.9 Å². The molecule has 33 heavy (non-hydrogen) atoms. The standard InChI is InChI=1S/C18H37NO.C7H17NO.HNO3/c1-2-3-4-5-6-7-8-9-10-11-12-13-14-15-16-17-18(19)20;1-4-5-8-7(2,3)6-9;2-1(3)4/h2-17H2,1H3,(H2,19,20);8-9H,4-6H2,1-3H3;(H,2,3,4). The number of hydrogen-bond acceptors (Lipinski definition) is 5. The fraction of sp³-hybridized carbons (Fsp3) is 0.960. The van der Waals surface area contributed by atoms with Crippen LogP contribution in [0.5, 0.6) is 0 Å². The number of nitrogens with one attached hydrogen (secondary N) is 1. The third kappa shape index (κ3) is 44.9. The van der Waals surface area contributed by atoms with Gasteiger partial charge in [-0.2, -0.15) is 0 Å². The van der Waals surface area contributed by atoms with Crippen LogP contribution in [0.25, 0.3) is 0 Å². The molecule has 0 radical (unpaired) electrons. The fourth-order valence-corrected chi connectivity index (χ4v) is 3.19. The maximum atomic E-state index is 10.6. The van der Waals surface area contributed by atoms with Crippen LogP contribution in [0.3, 0.4) is 0 Å². The zero-order valence-electron chi connectivity index (χ0n) is 22.1. The van der Waals surface area contributed by atoms with Gasteiger partial charge in [-0.15, -0.1) is 10.1 Å². The molecule has 8 heteroatoms. The summed E-state index contributed by atoms with van der Waals surface area (Å²) in [7, 11) is 0. The Morgan fingerprint density at radius 3 is 1.42 bits per heavy atom. The Hall–Kier alpha value is -1.41. The lowest BCUT2D eigenvalue weighted by molar-refractivity contribution is -0.742. The molecule has 0 heterocycles. The quantitative estimate of drug-likeness (QED) is 0.0943. The van der Waals surface area contributed by atoms with Crippen molar-refractivity contribution in [2.75, 3.05) is 13.2 Å². The monoisotopic (exact) mass is 477 g/mol. The number of aliphatic hydroxyl groups excluding tert-OH is 1. The molecule has 200 valence electrons. The van der Waals surface area contributed by atoms with E-state index in [4.69, 9.17) is 26.2 Å². The van der Waals surface area contributed by atoms with Gasteiger partial charge in [-0.1, -0.05) is 104 Å². The van der Waals surface area contributed by atoms with Crippen molar-refractivity contribution in [3.63, 3.8) is 0 Å². The number of nitrogens with two attached hydrogens (primary N) is 1. The van der Waals surface area contributed by atoms with Gasteiger partial charge in [0.25, 0.3) is 5.09 Å². The highest BCUT2D eigenvalue weighted by atomic mass is 16.9. The van der Waals surface area contributed by atoms with Gasteiger partial charge in [0.15, 0.2) is 0 Å². The lowest BCUT2D eigenvalue weighted by atomic mass is 10.0. The molecular formula is C25H55N3O5. The third-order valence-corrected chi connectivity index (χ3v) is 5.28. The Morgan fingerprint density at radius 2 is 1.15 bits per heavy atom. The largest absolute Gasteiger partial charge is 0.394 e. The molecule has 8 nitrogen and oxygen atoms in total. The number of unbranched alkanes of at least 4 members (excludes halogenated alkanes) is 14. The average Bonchev–Trinajstić information content (AvgIpc) is 2.75. The Kier molecular flexibility index (Phi) is 31.4. The van der Waals surface area contributed by atoms with Crippen LogP contribution in [0.4, 0.5) is 0 Å². The van der Waals surface area contributed by atoms with E-state index in [-0.39, 0.29) is 18.1 Å². The molecule has 0 spiro atoms. The molecule has 0 aliphatic carbocycles. The van der Waals surface area contributed by atoms with Crippen LogP contribution in [0.15, 0.2) is 0 Å². The minimum atomic E-state index is -1.50. The number of amides is 1. The first-order valence-electron chi connectivity index (χ1n) is 13.1. The summed E-state index contributed by atoms with van der Waals surface area (Å²) in [5.74, 6) is -0.153. The number of hydrogen-bond donors (Lipinski definition) is 4. The summed E-state index contributed by atoms with van der Waals surface area (Å²) >= 11 is 0. The van der Waals surface area contributed by atoms with E-state index < -0.39 is 5.09 Å². The minimum absolute atomic E-state index is 0.101. The molecule has 0 aromatic carbocycles. The van der Waals surface area contributed by atoms with Gasteiger partial charge in [0.05, 0.1) is 6.61 Å². The van der Waals surface area contributed by atoms with Crippen LogP contribution in [-0.4, -0.2) is 40.0 Å². The number of rotatable bonds is 20. The maximum Gasteiger partial charge on any atom is 0.291 e. The minimum Gasteiger partial charge on any atom is -0.394 e. The highest BCUT2D eigenvalue weighted by Gasteiger charge is 2.13. The first kappa shape index (κ1) is 36.2. The first-order valence-corrected chi connectivity index (χ1v) is 13.1. The topological polar surface area (TPSA) is 139 Å². The Bertz CT molecular complexity index is 417. The second kappa shape index (κ2) is 28.6. The molecule has 0 atom stereocenters. The highest BCUT2D eigenvalue weighted by molar-refractivity contribution is 5.73. The summed E-state index contributed by atoms with van der Waals surface area (Å²) in [6.45, 7) is 9.55. The van der Waals surface area contributed by atoms with Crippen molar-refractivity contribution in [2.24, 2.45) is 5.73 Å². The molecule has 5 N–H and O–H groups in total. The SMILES string of the molecule is CCCCCCCCCCCCCCCCCC(N)=O.CCCNC(C)(C)CO.O=[N+]([O-])O. The predicted molar refractivity (Wildman–Crippen MR) is 137 cm³/mol. The van der Waals surface area contributed by atoms with Crippen molar-refractivity contribution >= 4 is 5.91 Å². The molecule has 0 rings (SSSR count). The molecule has 0 bridgehead atoms. The maximum absolute atomic E-state index is 10.6. The van der Waals surface area contributed by atoms with E-state index in [2.05, 4.69) is 19.2 Å². The summed E-state index contributed by atoms with van der Waals surface area (Å²) in [4.78, 5) is 18.9. The van der Waals surface area contributed by atoms with E-state index in [0.717, 1.165) is 19.4 Å². The molecule has 0 aliphatic heterocycles. The van der Waals surface area contributed by atoms with Gasteiger partial charge in [0, 0.05) is 12.0 Å². The number of carbonyl (C=O) groups is 1. The first-order chi connectivity index (χ1) is 15.6. The highest BCUT2D eigenvalue weighted by Crippen LogP contribution is 2.13. The third-order valence-electron chi connectivity index (χ3n) is 5.28. The second-order valence-corrected chi connectivity index (χ2v) is 9.37. The molecule has 0 saturated carbocycles. The number of nitrogens with zero attached hydrogens (tertiary/aromatic N) is 1. The van der Waals surface area contributed by atoms with Gasteiger partial charge in [-0.25, -0.2) is 0 Å². The number of aliphatic hydroxyl groups is 1. The van der Waals surface area contributed by atoms with Gasteiger partial charge in [0.2, 0.25) is 5.91 Å². The lowest BCUT2D eigenvalue weighted by Gasteiger charge is -2.22. The van der Waals surface area contributed by atoms with Crippen LogP contribution < -0.4 is 11.1 Å². The van der Waals surface area contributed by atoms with Crippen molar-refractivity contribution in [2.45, 2.75) is 142 Å². The van der Waals surface area contributed by atoms with Gasteiger partial charge >= 0.3 is 0 Å². The van der Waals surface area contributed by atoms with E-state index in [1.807, 2.05) is 13.8 Å². The summed E-state index contributed by atoms with van der Waals surface area (Å²) in [5, 5.41) is 25.6. The van der Waals surface area contributed by atoms with Crippen molar-refractivity contribution in [3.05, 3.63) is 10.1 Å². The second-order valence-electron chi connectivity index (χ2n) is 9.37. The Labute approximate surface area is 203 Å². The predicted octanol–water partition coefficient (Wildman–Crippen LogP) is 6.14. The molecule has 0 saturated heterocycles. The summed E-state index contributed by atoms with van der Waals surface area (Å²) in [5.41, 5.74) is 5.01. The molecule has 0 unspecified atom stereocenters. The Balaban J connectivity index is -0.000000569. The normalized spacial score (nSPS) is 10.6.